The van der Waals surface area contributed by atoms with E-state index in [2.05, 4.69) is 21.8 Å². The van der Waals surface area contributed by atoms with Gasteiger partial charge in [-0.1, -0.05) is 5.92 Å². The molecule has 6 nitrogen and oxygen atoms in total. The Morgan fingerprint density at radius 1 is 1.36 bits per heavy atom. The largest absolute Gasteiger partial charge is 0.494 e. The zero-order valence-electron chi connectivity index (χ0n) is 16.3. The molecular weight excluding hydrogens is 359 g/mol. The van der Waals surface area contributed by atoms with Crippen LogP contribution in [0, 0.1) is 24.6 Å². The molecular formula is C21H23FN4O2. The van der Waals surface area contributed by atoms with Crippen LogP contribution in [0.25, 0.3) is 11.3 Å². The van der Waals surface area contributed by atoms with Crippen molar-refractivity contribution in [2.45, 2.75) is 32.2 Å². The Bertz CT molecular complexity index is 967. The number of likely N-dealkylation sites (tertiary alicyclic amines) is 1. The molecule has 2 N–H and O–H groups in total. The third-order valence-corrected chi connectivity index (χ3v) is 4.65. The second kappa shape index (κ2) is 7.95. The molecule has 0 aliphatic carbocycles. The van der Waals surface area contributed by atoms with Gasteiger partial charge < -0.3 is 15.4 Å². The number of benzene rings is 1. The van der Waals surface area contributed by atoms with E-state index in [4.69, 9.17) is 10.5 Å². The van der Waals surface area contributed by atoms with Crippen LogP contribution < -0.4 is 10.5 Å². The van der Waals surface area contributed by atoms with Gasteiger partial charge in [-0.25, -0.2) is 14.4 Å². The van der Waals surface area contributed by atoms with Gasteiger partial charge in [0, 0.05) is 31.3 Å². The summed E-state index contributed by atoms with van der Waals surface area (Å²) >= 11 is 0. The summed E-state index contributed by atoms with van der Waals surface area (Å²) in [6.07, 6.45) is 0.781. The second-order valence-corrected chi connectivity index (χ2v) is 6.90. The van der Waals surface area contributed by atoms with Crippen LogP contribution in [0.5, 0.6) is 5.75 Å². The lowest BCUT2D eigenvalue weighted by Crippen LogP contribution is -2.46. The van der Waals surface area contributed by atoms with E-state index in [1.807, 2.05) is 6.92 Å². The highest BCUT2D eigenvalue weighted by molar-refractivity contribution is 5.88. The number of rotatable bonds is 4. The number of carbonyl (C=O) groups is 1. The lowest BCUT2D eigenvalue weighted by Gasteiger charge is -2.18. The van der Waals surface area contributed by atoms with Crippen molar-refractivity contribution in [2.75, 3.05) is 20.2 Å². The Balaban J connectivity index is 1.88. The molecule has 1 aromatic carbocycles. The monoisotopic (exact) mass is 382 g/mol. The highest BCUT2D eigenvalue weighted by atomic mass is 19.1. The molecule has 2 aromatic rings. The Labute approximate surface area is 163 Å². The van der Waals surface area contributed by atoms with Crippen molar-refractivity contribution >= 4 is 5.91 Å². The number of aryl methyl sites for hydroxylation is 1. The molecule has 0 saturated carbocycles. The molecule has 28 heavy (non-hydrogen) atoms. The van der Waals surface area contributed by atoms with E-state index in [1.54, 1.807) is 37.1 Å². The third-order valence-electron chi connectivity index (χ3n) is 4.65. The zero-order chi connectivity index (χ0) is 20.3. The SMILES string of the molecule is CCOc1ccc(F)c(-c2cc(C)nc(C#CC[C@@]3(N)CCN(C)C3=O)n2)c1. The predicted octanol–water partition coefficient (Wildman–Crippen LogP) is 2.29. The molecule has 146 valence electrons. The number of halogens is 1. The molecule has 1 aromatic heterocycles. The lowest BCUT2D eigenvalue weighted by atomic mass is 9.95. The van der Waals surface area contributed by atoms with Crippen molar-refractivity contribution in [1.82, 2.24) is 14.9 Å². The van der Waals surface area contributed by atoms with Crippen molar-refractivity contribution in [1.29, 1.82) is 0 Å². The van der Waals surface area contributed by atoms with Gasteiger partial charge in [0.1, 0.15) is 17.1 Å². The first-order chi connectivity index (χ1) is 13.3. The van der Waals surface area contributed by atoms with Gasteiger partial charge in [0.25, 0.3) is 0 Å². The van der Waals surface area contributed by atoms with Gasteiger partial charge in [0.15, 0.2) is 0 Å². The normalized spacial score (nSPS) is 18.8. The number of aromatic nitrogens is 2. The fourth-order valence-electron chi connectivity index (χ4n) is 3.12. The molecule has 1 atom stereocenters. The average molecular weight is 382 g/mol. The number of ether oxygens (including phenoxy) is 1. The first-order valence-electron chi connectivity index (χ1n) is 9.14. The molecule has 1 amide bonds. The number of hydrogen-bond donors (Lipinski definition) is 1. The fourth-order valence-corrected chi connectivity index (χ4v) is 3.12. The standard InChI is InChI=1S/C21H23FN4O2/c1-4-28-15-7-8-17(22)16(13-15)18-12-14(2)24-19(25-18)6-5-9-21(23)10-11-26(3)20(21)27/h7-8,12-13H,4,9-11,23H2,1-3H3/t21-/m1/s1. The van der Waals surface area contributed by atoms with Crippen LogP contribution >= 0.6 is 0 Å². The van der Waals surface area contributed by atoms with Crippen LogP contribution in [0.1, 0.15) is 31.3 Å². The number of amides is 1. The number of hydrogen-bond acceptors (Lipinski definition) is 5. The topological polar surface area (TPSA) is 81.3 Å². The van der Waals surface area contributed by atoms with Gasteiger partial charge in [-0.3, -0.25) is 4.79 Å². The smallest absolute Gasteiger partial charge is 0.243 e. The first-order valence-corrected chi connectivity index (χ1v) is 9.14. The molecule has 1 saturated heterocycles. The first kappa shape index (κ1) is 19.8. The molecule has 0 radical (unpaired) electrons. The minimum Gasteiger partial charge on any atom is -0.494 e. The van der Waals surface area contributed by atoms with Crippen LogP contribution in [0.2, 0.25) is 0 Å². The summed E-state index contributed by atoms with van der Waals surface area (Å²) in [6, 6.07) is 6.23. The quantitative estimate of drug-likeness (QED) is 0.821. The van der Waals surface area contributed by atoms with Crippen molar-refractivity contribution in [3.05, 3.63) is 41.6 Å². The number of carbonyl (C=O) groups excluding carboxylic acids is 1. The van der Waals surface area contributed by atoms with Gasteiger partial charge in [0.2, 0.25) is 11.7 Å². The Hall–Kier alpha value is -2.98. The summed E-state index contributed by atoms with van der Waals surface area (Å²) in [7, 11) is 1.73. The zero-order valence-corrected chi connectivity index (χ0v) is 16.3. The van der Waals surface area contributed by atoms with Crippen LogP contribution in [0.15, 0.2) is 24.3 Å². The van der Waals surface area contributed by atoms with Gasteiger partial charge in [-0.2, -0.15) is 0 Å². The van der Waals surface area contributed by atoms with E-state index in [-0.39, 0.29) is 18.2 Å². The van der Waals surface area contributed by atoms with E-state index in [0.717, 1.165) is 0 Å². The molecule has 0 spiro atoms. The average Bonchev–Trinajstić information content (AvgIpc) is 2.91. The van der Waals surface area contributed by atoms with Gasteiger partial charge in [-0.05, 0) is 50.5 Å². The summed E-state index contributed by atoms with van der Waals surface area (Å²) in [4.78, 5) is 22.4. The van der Waals surface area contributed by atoms with Gasteiger partial charge in [-0.15, -0.1) is 0 Å². The number of nitrogens with zero attached hydrogens (tertiary/aromatic N) is 3. The molecule has 1 fully saturated rings. The maximum absolute atomic E-state index is 14.3. The molecule has 7 heteroatoms. The van der Waals surface area contributed by atoms with Crippen molar-refractivity contribution in [3.63, 3.8) is 0 Å². The predicted molar refractivity (Wildman–Crippen MR) is 104 cm³/mol. The summed E-state index contributed by atoms with van der Waals surface area (Å²) in [5, 5.41) is 0. The van der Waals surface area contributed by atoms with Crippen LogP contribution in [-0.4, -0.2) is 46.5 Å². The molecule has 3 rings (SSSR count). The lowest BCUT2D eigenvalue weighted by molar-refractivity contribution is -0.130. The van der Waals surface area contributed by atoms with Crippen molar-refractivity contribution in [2.24, 2.45) is 5.73 Å². The second-order valence-electron chi connectivity index (χ2n) is 6.90. The van der Waals surface area contributed by atoms with E-state index >= 15 is 0 Å². The molecule has 2 heterocycles. The van der Waals surface area contributed by atoms with E-state index in [0.29, 0.717) is 42.3 Å². The fraction of sp³-hybridized carbons (Fsp3) is 0.381. The number of nitrogens with two attached hydrogens (primary N) is 1. The highest BCUT2D eigenvalue weighted by Gasteiger charge is 2.41. The summed E-state index contributed by atoms with van der Waals surface area (Å²) in [6.45, 7) is 4.76. The van der Waals surface area contributed by atoms with Crippen LogP contribution in [-0.2, 0) is 4.79 Å². The maximum Gasteiger partial charge on any atom is 0.243 e. The molecule has 0 bridgehead atoms. The summed E-state index contributed by atoms with van der Waals surface area (Å²) in [5.74, 6) is 6.11. The Kier molecular flexibility index (Phi) is 5.61. The summed E-state index contributed by atoms with van der Waals surface area (Å²) < 4.78 is 19.8. The van der Waals surface area contributed by atoms with E-state index < -0.39 is 11.4 Å². The molecule has 0 unspecified atom stereocenters. The molecule has 1 aliphatic rings. The Morgan fingerprint density at radius 2 is 2.14 bits per heavy atom. The Morgan fingerprint density at radius 3 is 2.82 bits per heavy atom. The van der Waals surface area contributed by atoms with Crippen molar-refractivity contribution in [3.8, 4) is 28.8 Å². The van der Waals surface area contributed by atoms with E-state index in [9.17, 15) is 9.18 Å². The van der Waals surface area contributed by atoms with Crippen LogP contribution in [0.4, 0.5) is 4.39 Å². The summed E-state index contributed by atoms with van der Waals surface area (Å²) in [5.41, 5.74) is 6.62. The minimum absolute atomic E-state index is 0.109. The van der Waals surface area contributed by atoms with Crippen molar-refractivity contribution < 1.29 is 13.9 Å². The number of likely N-dealkylation sites (N-methyl/N-ethyl adjacent to an activating group) is 1. The molecule has 1 aliphatic heterocycles. The van der Waals surface area contributed by atoms with Crippen LogP contribution in [0.3, 0.4) is 0 Å². The van der Waals surface area contributed by atoms with E-state index in [1.165, 1.54) is 6.07 Å². The van der Waals surface area contributed by atoms with Gasteiger partial charge >= 0.3 is 0 Å². The van der Waals surface area contributed by atoms with Gasteiger partial charge in [0.05, 0.1) is 12.3 Å². The third kappa shape index (κ3) is 4.12. The maximum atomic E-state index is 14.3. The highest BCUT2D eigenvalue weighted by Crippen LogP contribution is 2.26. The minimum atomic E-state index is -0.966.